The molecule has 0 atom stereocenters. The summed E-state index contributed by atoms with van der Waals surface area (Å²) in [7, 11) is 1.40. The average Bonchev–Trinajstić information content (AvgIpc) is 3.12. The van der Waals surface area contributed by atoms with E-state index in [9.17, 15) is 4.79 Å². The Hall–Kier alpha value is -3.19. The largest absolute Gasteiger partial charge is 0.465 e. The number of rotatable bonds is 6. The van der Waals surface area contributed by atoms with E-state index in [0.717, 1.165) is 27.4 Å². The van der Waals surface area contributed by atoms with Crippen molar-refractivity contribution in [1.29, 1.82) is 0 Å². The number of hydrogen-bond donors (Lipinski definition) is 0. The van der Waals surface area contributed by atoms with E-state index >= 15 is 0 Å². The average molecular weight is 419 g/mol. The van der Waals surface area contributed by atoms with Crippen molar-refractivity contribution >= 4 is 28.6 Å². The summed E-state index contributed by atoms with van der Waals surface area (Å²) in [6, 6.07) is 18.0. The molecule has 0 saturated carbocycles. The number of aryl methyl sites for hydroxylation is 2. The number of benzene rings is 2. The lowest BCUT2D eigenvalue weighted by Gasteiger charge is -2.13. The molecule has 0 aliphatic rings. The Labute approximate surface area is 179 Å². The molecule has 0 radical (unpaired) electrons. The van der Waals surface area contributed by atoms with E-state index in [1.54, 1.807) is 0 Å². The quantitative estimate of drug-likeness (QED) is 0.337. The third-order valence-electron chi connectivity index (χ3n) is 5.04. The Morgan fingerprint density at radius 1 is 1.03 bits per heavy atom. The highest BCUT2D eigenvalue weighted by atomic mass is 32.2. The molecule has 152 valence electrons. The SMILES string of the molecule is COC(=O)c1c(CSc2nnc(C)n2Cc2ccccc2)nc2ccccc2c1C. The number of aromatic nitrogens is 4. The molecule has 0 aliphatic heterocycles. The normalized spacial score (nSPS) is 11.0. The van der Waals surface area contributed by atoms with Crippen LogP contribution < -0.4 is 0 Å². The van der Waals surface area contributed by atoms with Crippen LogP contribution in [0.2, 0.25) is 0 Å². The van der Waals surface area contributed by atoms with Gasteiger partial charge in [-0.15, -0.1) is 10.2 Å². The monoisotopic (exact) mass is 418 g/mol. The van der Waals surface area contributed by atoms with Crippen molar-refractivity contribution in [3.63, 3.8) is 0 Å². The van der Waals surface area contributed by atoms with E-state index in [-0.39, 0.29) is 5.97 Å². The fourth-order valence-electron chi connectivity index (χ4n) is 3.47. The van der Waals surface area contributed by atoms with Gasteiger partial charge in [0.05, 0.1) is 30.4 Å². The van der Waals surface area contributed by atoms with Crippen LogP contribution in [-0.4, -0.2) is 32.8 Å². The number of nitrogens with zero attached hydrogens (tertiary/aromatic N) is 4. The number of para-hydroxylation sites is 1. The number of ether oxygens (including phenoxy) is 1. The van der Waals surface area contributed by atoms with Crippen LogP contribution in [0.5, 0.6) is 0 Å². The maximum atomic E-state index is 12.5. The number of hydrogen-bond acceptors (Lipinski definition) is 6. The van der Waals surface area contributed by atoms with Crippen LogP contribution in [0.4, 0.5) is 0 Å². The molecule has 6 nitrogen and oxygen atoms in total. The molecule has 2 heterocycles. The molecule has 7 heteroatoms. The summed E-state index contributed by atoms with van der Waals surface area (Å²) >= 11 is 1.52. The van der Waals surface area contributed by atoms with Crippen molar-refractivity contribution in [2.24, 2.45) is 0 Å². The minimum absolute atomic E-state index is 0.372. The van der Waals surface area contributed by atoms with Gasteiger partial charge in [0.2, 0.25) is 0 Å². The molecule has 0 unspecified atom stereocenters. The lowest BCUT2D eigenvalue weighted by atomic mass is 10.0. The lowest BCUT2D eigenvalue weighted by Crippen LogP contribution is -2.11. The predicted octanol–water partition coefficient (Wildman–Crippen LogP) is 4.57. The van der Waals surface area contributed by atoms with Gasteiger partial charge in [-0.05, 0) is 31.0 Å². The highest BCUT2D eigenvalue weighted by molar-refractivity contribution is 7.98. The third-order valence-corrected chi connectivity index (χ3v) is 6.02. The van der Waals surface area contributed by atoms with Crippen molar-refractivity contribution in [2.75, 3.05) is 7.11 Å². The maximum absolute atomic E-state index is 12.5. The van der Waals surface area contributed by atoms with Gasteiger partial charge in [0.15, 0.2) is 5.16 Å². The van der Waals surface area contributed by atoms with Crippen molar-refractivity contribution in [3.8, 4) is 0 Å². The van der Waals surface area contributed by atoms with Gasteiger partial charge in [-0.25, -0.2) is 4.79 Å². The summed E-state index contributed by atoms with van der Waals surface area (Å²) in [5.41, 5.74) is 4.13. The standard InChI is InChI=1S/C23H22N4O2S/c1-15-18-11-7-8-12-19(18)24-20(21(15)22(28)29-3)14-30-23-26-25-16(2)27(23)13-17-9-5-4-6-10-17/h4-12H,13-14H2,1-3H3. The Morgan fingerprint density at radius 2 is 1.77 bits per heavy atom. The van der Waals surface area contributed by atoms with Gasteiger partial charge >= 0.3 is 5.97 Å². The maximum Gasteiger partial charge on any atom is 0.340 e. The van der Waals surface area contributed by atoms with Gasteiger partial charge in [-0.2, -0.15) is 0 Å². The molecule has 0 spiro atoms. The minimum atomic E-state index is -0.372. The molecule has 0 amide bonds. The molecule has 0 aliphatic carbocycles. The second kappa shape index (κ2) is 8.67. The molecular formula is C23H22N4O2S. The van der Waals surface area contributed by atoms with E-state index in [1.807, 2.05) is 56.3 Å². The number of carbonyl (C=O) groups excluding carboxylic acids is 1. The fourth-order valence-corrected chi connectivity index (χ4v) is 4.39. The van der Waals surface area contributed by atoms with Gasteiger partial charge in [-0.3, -0.25) is 4.98 Å². The highest BCUT2D eigenvalue weighted by Crippen LogP contribution is 2.29. The smallest absolute Gasteiger partial charge is 0.340 e. The number of thioether (sulfide) groups is 1. The predicted molar refractivity (Wildman–Crippen MR) is 118 cm³/mol. The van der Waals surface area contributed by atoms with Crippen LogP contribution in [0.1, 0.15) is 33.0 Å². The Balaban J connectivity index is 1.67. The molecule has 4 aromatic rings. The number of pyridine rings is 1. The summed E-state index contributed by atoms with van der Waals surface area (Å²) < 4.78 is 7.12. The van der Waals surface area contributed by atoms with E-state index in [0.29, 0.717) is 23.6 Å². The third kappa shape index (κ3) is 3.93. The number of carbonyl (C=O) groups is 1. The first kappa shape index (κ1) is 20.1. The van der Waals surface area contributed by atoms with E-state index in [1.165, 1.54) is 24.4 Å². The van der Waals surface area contributed by atoms with Crippen LogP contribution in [0.15, 0.2) is 59.8 Å². The Bertz CT molecular complexity index is 1200. The molecule has 4 rings (SSSR count). The molecule has 0 fully saturated rings. The van der Waals surface area contributed by atoms with E-state index in [2.05, 4.69) is 26.9 Å². The van der Waals surface area contributed by atoms with Crippen molar-refractivity contribution in [3.05, 3.63) is 82.8 Å². The highest BCUT2D eigenvalue weighted by Gasteiger charge is 2.20. The van der Waals surface area contributed by atoms with Gasteiger partial charge in [0.25, 0.3) is 0 Å². The van der Waals surface area contributed by atoms with Gasteiger partial charge in [0.1, 0.15) is 5.82 Å². The summed E-state index contributed by atoms with van der Waals surface area (Å²) in [5, 5.41) is 10.3. The molecule has 0 N–H and O–H groups in total. The molecule has 2 aromatic heterocycles. The zero-order chi connectivity index (χ0) is 21.1. The van der Waals surface area contributed by atoms with Crippen LogP contribution in [-0.2, 0) is 17.0 Å². The van der Waals surface area contributed by atoms with Gasteiger partial charge in [0, 0.05) is 11.1 Å². The number of fused-ring (bicyclic) bond motifs is 1. The van der Waals surface area contributed by atoms with Crippen LogP contribution >= 0.6 is 11.8 Å². The number of methoxy groups -OCH3 is 1. The zero-order valence-corrected chi connectivity index (χ0v) is 17.9. The molecular weight excluding hydrogens is 396 g/mol. The van der Waals surface area contributed by atoms with Crippen molar-refractivity contribution in [2.45, 2.75) is 31.3 Å². The van der Waals surface area contributed by atoms with Crippen LogP contribution in [0, 0.1) is 13.8 Å². The minimum Gasteiger partial charge on any atom is -0.465 e. The molecule has 0 bridgehead atoms. The van der Waals surface area contributed by atoms with Crippen molar-refractivity contribution < 1.29 is 9.53 Å². The summed E-state index contributed by atoms with van der Waals surface area (Å²) in [4.78, 5) is 17.3. The van der Waals surface area contributed by atoms with Crippen LogP contribution in [0.25, 0.3) is 10.9 Å². The molecule has 30 heavy (non-hydrogen) atoms. The van der Waals surface area contributed by atoms with Gasteiger partial charge in [-0.1, -0.05) is 60.3 Å². The van der Waals surface area contributed by atoms with E-state index < -0.39 is 0 Å². The second-order valence-electron chi connectivity index (χ2n) is 6.96. The summed E-state index contributed by atoms with van der Waals surface area (Å²) in [5.74, 6) is 0.962. The van der Waals surface area contributed by atoms with E-state index in [4.69, 9.17) is 9.72 Å². The Kier molecular flexibility index (Phi) is 5.81. The fraction of sp³-hybridized carbons (Fsp3) is 0.217. The van der Waals surface area contributed by atoms with Gasteiger partial charge < -0.3 is 9.30 Å². The summed E-state index contributed by atoms with van der Waals surface area (Å²) in [6.07, 6.45) is 0. The zero-order valence-electron chi connectivity index (χ0n) is 17.1. The van der Waals surface area contributed by atoms with Crippen LogP contribution in [0.3, 0.4) is 0 Å². The molecule has 2 aromatic carbocycles. The first-order valence-corrected chi connectivity index (χ1v) is 10.6. The summed E-state index contributed by atoms with van der Waals surface area (Å²) in [6.45, 7) is 4.57. The number of esters is 1. The first-order valence-electron chi connectivity index (χ1n) is 9.61. The lowest BCUT2D eigenvalue weighted by molar-refractivity contribution is 0.0598. The van der Waals surface area contributed by atoms with Crippen molar-refractivity contribution in [1.82, 2.24) is 19.7 Å². The molecule has 0 saturated heterocycles. The second-order valence-corrected chi connectivity index (χ2v) is 7.90. The first-order chi connectivity index (χ1) is 14.6. The topological polar surface area (TPSA) is 69.9 Å². The Morgan fingerprint density at radius 3 is 2.53 bits per heavy atom.